The van der Waals surface area contributed by atoms with Crippen LogP contribution >= 0.6 is 12.4 Å². The second kappa shape index (κ2) is 7.91. The van der Waals surface area contributed by atoms with Crippen molar-refractivity contribution in [3.05, 3.63) is 0 Å². The average Bonchev–Trinajstić information content (AvgIpc) is 2.60. The van der Waals surface area contributed by atoms with Crippen LogP contribution in [0.25, 0.3) is 0 Å². The molecular formula is C12H25ClN2O. The number of nitrogens with zero attached hydrogens (tertiary/aromatic N) is 1. The minimum Gasteiger partial charge on any atom is -0.343 e. The molecular weight excluding hydrogens is 224 g/mol. The van der Waals surface area contributed by atoms with Gasteiger partial charge in [0.15, 0.2) is 0 Å². The highest BCUT2D eigenvalue weighted by Crippen LogP contribution is 2.27. The van der Waals surface area contributed by atoms with Gasteiger partial charge in [-0.2, -0.15) is 0 Å². The quantitative estimate of drug-likeness (QED) is 0.811. The molecule has 1 saturated carbocycles. The molecule has 0 radical (unpaired) electrons. The Kier molecular flexibility index (Phi) is 7.77. The molecule has 1 rings (SSSR count). The summed E-state index contributed by atoms with van der Waals surface area (Å²) in [6.45, 7) is 5.87. The molecule has 0 aliphatic heterocycles. The van der Waals surface area contributed by atoms with Crippen molar-refractivity contribution in [2.75, 3.05) is 13.1 Å². The lowest BCUT2D eigenvalue weighted by molar-refractivity contribution is -0.132. The summed E-state index contributed by atoms with van der Waals surface area (Å²) in [6, 6.07) is 0.259. The first-order chi connectivity index (χ1) is 7.19. The molecule has 2 N–H and O–H groups in total. The SMILES string of the molecule is CCCN(CC)C(=O)C[C@@H]1CCC[C@H]1N.Cl. The van der Waals surface area contributed by atoms with Crippen LogP contribution < -0.4 is 5.73 Å². The van der Waals surface area contributed by atoms with Crippen molar-refractivity contribution >= 4 is 18.3 Å². The Labute approximate surface area is 105 Å². The van der Waals surface area contributed by atoms with E-state index in [1.165, 1.54) is 6.42 Å². The molecule has 0 aromatic heterocycles. The van der Waals surface area contributed by atoms with Gasteiger partial charge in [0.2, 0.25) is 5.91 Å². The van der Waals surface area contributed by atoms with Crippen molar-refractivity contribution in [2.45, 2.75) is 52.0 Å². The number of carbonyl (C=O) groups is 1. The van der Waals surface area contributed by atoms with E-state index in [9.17, 15) is 4.79 Å². The maximum absolute atomic E-state index is 11.9. The zero-order valence-electron chi connectivity index (χ0n) is 10.4. The van der Waals surface area contributed by atoms with Crippen LogP contribution in [0, 0.1) is 5.92 Å². The van der Waals surface area contributed by atoms with Gasteiger partial charge in [-0.3, -0.25) is 4.79 Å². The fourth-order valence-corrected chi connectivity index (χ4v) is 2.40. The summed E-state index contributed by atoms with van der Waals surface area (Å²) in [6.07, 6.45) is 5.12. The molecule has 0 spiro atoms. The smallest absolute Gasteiger partial charge is 0.222 e. The van der Waals surface area contributed by atoms with E-state index in [1.807, 2.05) is 11.8 Å². The second-order valence-corrected chi connectivity index (χ2v) is 4.53. The monoisotopic (exact) mass is 248 g/mol. The van der Waals surface area contributed by atoms with Crippen LogP contribution in [0.2, 0.25) is 0 Å². The van der Waals surface area contributed by atoms with E-state index < -0.39 is 0 Å². The van der Waals surface area contributed by atoms with Gasteiger partial charge in [0, 0.05) is 25.6 Å². The third-order valence-electron chi connectivity index (χ3n) is 3.38. The molecule has 0 unspecified atom stereocenters. The second-order valence-electron chi connectivity index (χ2n) is 4.53. The molecule has 16 heavy (non-hydrogen) atoms. The average molecular weight is 249 g/mol. The zero-order valence-corrected chi connectivity index (χ0v) is 11.3. The first-order valence-electron chi connectivity index (χ1n) is 6.22. The fourth-order valence-electron chi connectivity index (χ4n) is 2.40. The highest BCUT2D eigenvalue weighted by Gasteiger charge is 2.27. The summed E-state index contributed by atoms with van der Waals surface area (Å²) in [5, 5.41) is 0. The van der Waals surface area contributed by atoms with Crippen LogP contribution in [0.5, 0.6) is 0 Å². The predicted octanol–water partition coefficient (Wildman–Crippen LogP) is 2.18. The largest absolute Gasteiger partial charge is 0.343 e. The first kappa shape index (κ1) is 15.7. The first-order valence-corrected chi connectivity index (χ1v) is 6.22. The van der Waals surface area contributed by atoms with Crippen LogP contribution in [0.3, 0.4) is 0 Å². The Morgan fingerprint density at radius 3 is 2.50 bits per heavy atom. The number of carbonyl (C=O) groups excluding carboxylic acids is 1. The van der Waals surface area contributed by atoms with Crippen molar-refractivity contribution in [3.63, 3.8) is 0 Å². The molecule has 1 aliphatic carbocycles. The van der Waals surface area contributed by atoms with Gasteiger partial charge in [-0.1, -0.05) is 13.3 Å². The summed E-state index contributed by atoms with van der Waals surface area (Å²) in [7, 11) is 0. The minimum absolute atomic E-state index is 0. The summed E-state index contributed by atoms with van der Waals surface area (Å²) in [5.74, 6) is 0.727. The lowest BCUT2D eigenvalue weighted by Gasteiger charge is -2.23. The van der Waals surface area contributed by atoms with E-state index in [2.05, 4.69) is 6.92 Å². The topological polar surface area (TPSA) is 46.3 Å². The number of halogens is 1. The lowest BCUT2D eigenvalue weighted by atomic mass is 9.99. The van der Waals surface area contributed by atoms with Crippen molar-refractivity contribution in [3.8, 4) is 0 Å². The lowest BCUT2D eigenvalue weighted by Crippen LogP contribution is -2.35. The molecule has 4 heteroatoms. The van der Waals surface area contributed by atoms with Gasteiger partial charge >= 0.3 is 0 Å². The fraction of sp³-hybridized carbons (Fsp3) is 0.917. The van der Waals surface area contributed by atoms with Crippen molar-refractivity contribution in [1.29, 1.82) is 0 Å². The number of rotatable bonds is 5. The highest BCUT2D eigenvalue weighted by atomic mass is 35.5. The molecule has 0 saturated heterocycles. The van der Waals surface area contributed by atoms with E-state index >= 15 is 0 Å². The Morgan fingerprint density at radius 2 is 2.06 bits per heavy atom. The Balaban J connectivity index is 0.00000225. The molecule has 3 nitrogen and oxygen atoms in total. The molecule has 0 bridgehead atoms. The normalized spacial score (nSPS) is 23.9. The van der Waals surface area contributed by atoms with Crippen molar-refractivity contribution in [1.82, 2.24) is 4.90 Å². The standard InChI is InChI=1S/C12H24N2O.ClH/c1-3-8-14(4-2)12(15)9-10-6-5-7-11(10)13;/h10-11H,3-9,13H2,1-2H3;1H/t10-,11+;/m0./s1. The van der Waals surface area contributed by atoms with Crippen LogP contribution in [0.1, 0.15) is 46.0 Å². The summed E-state index contributed by atoms with van der Waals surface area (Å²) in [5.41, 5.74) is 5.97. The number of hydrogen-bond acceptors (Lipinski definition) is 2. The Morgan fingerprint density at radius 1 is 1.38 bits per heavy atom. The maximum Gasteiger partial charge on any atom is 0.222 e. The molecule has 1 amide bonds. The zero-order chi connectivity index (χ0) is 11.3. The highest BCUT2D eigenvalue weighted by molar-refractivity contribution is 5.85. The predicted molar refractivity (Wildman–Crippen MR) is 69.7 cm³/mol. The number of nitrogens with two attached hydrogens (primary N) is 1. The van der Waals surface area contributed by atoms with E-state index in [0.29, 0.717) is 18.2 Å². The van der Waals surface area contributed by atoms with Gasteiger partial charge in [-0.05, 0) is 32.1 Å². The van der Waals surface area contributed by atoms with Gasteiger partial charge in [-0.25, -0.2) is 0 Å². The number of hydrogen-bond donors (Lipinski definition) is 1. The Hall–Kier alpha value is -0.280. The van der Waals surface area contributed by atoms with Crippen molar-refractivity contribution < 1.29 is 4.79 Å². The van der Waals surface area contributed by atoms with Gasteiger partial charge in [0.25, 0.3) is 0 Å². The van der Waals surface area contributed by atoms with E-state index in [-0.39, 0.29) is 18.4 Å². The molecule has 0 heterocycles. The molecule has 0 aromatic carbocycles. The van der Waals surface area contributed by atoms with E-state index in [4.69, 9.17) is 5.73 Å². The number of amides is 1. The van der Waals surface area contributed by atoms with E-state index in [0.717, 1.165) is 32.4 Å². The van der Waals surface area contributed by atoms with Crippen molar-refractivity contribution in [2.24, 2.45) is 11.7 Å². The molecule has 1 aliphatic rings. The van der Waals surface area contributed by atoms with Crippen LogP contribution in [-0.4, -0.2) is 29.9 Å². The van der Waals surface area contributed by atoms with Gasteiger partial charge in [-0.15, -0.1) is 12.4 Å². The summed E-state index contributed by atoms with van der Waals surface area (Å²) in [4.78, 5) is 13.9. The molecule has 2 atom stereocenters. The van der Waals surface area contributed by atoms with Crippen LogP contribution in [0.4, 0.5) is 0 Å². The van der Waals surface area contributed by atoms with Crippen LogP contribution in [-0.2, 0) is 4.79 Å². The summed E-state index contributed by atoms with van der Waals surface area (Å²) >= 11 is 0. The summed E-state index contributed by atoms with van der Waals surface area (Å²) < 4.78 is 0. The minimum atomic E-state index is 0. The van der Waals surface area contributed by atoms with Gasteiger partial charge in [0.05, 0.1) is 0 Å². The molecule has 0 aromatic rings. The van der Waals surface area contributed by atoms with E-state index in [1.54, 1.807) is 0 Å². The Bertz CT molecular complexity index is 211. The maximum atomic E-state index is 11.9. The molecule has 1 fully saturated rings. The third kappa shape index (κ3) is 4.30. The van der Waals surface area contributed by atoms with Gasteiger partial charge < -0.3 is 10.6 Å². The van der Waals surface area contributed by atoms with Gasteiger partial charge in [0.1, 0.15) is 0 Å². The van der Waals surface area contributed by atoms with Crippen LogP contribution in [0.15, 0.2) is 0 Å². The molecule has 96 valence electrons. The third-order valence-corrected chi connectivity index (χ3v) is 3.38.